The number of carbonyl (C=O) groups excluding carboxylic acids is 2. The van der Waals surface area contributed by atoms with Gasteiger partial charge in [0, 0.05) is 47.9 Å². The molecule has 32 heavy (non-hydrogen) atoms. The minimum Gasteiger partial charge on any atom is -0.361 e. The van der Waals surface area contributed by atoms with Gasteiger partial charge in [0.25, 0.3) is 0 Å². The lowest BCUT2D eigenvalue weighted by Crippen LogP contribution is -2.44. The number of benzene rings is 2. The standard InChI is InChI=1S/C26H22N4O2/c1-18(31)29-25(16-20-17-28-24-11-3-2-10-23(20)24)26(32)30-22-9-6-7-19(15-22)12-13-21-8-4-5-14-27-21/h2-11,14-15,17,25,28H,16H2,1H3,(H,29,31)(H,30,32). The smallest absolute Gasteiger partial charge is 0.247 e. The fraction of sp³-hybridized carbons (Fsp3) is 0.115. The summed E-state index contributed by atoms with van der Waals surface area (Å²) >= 11 is 0. The molecule has 2 aromatic carbocycles. The van der Waals surface area contributed by atoms with E-state index >= 15 is 0 Å². The lowest BCUT2D eigenvalue weighted by Gasteiger charge is -2.17. The summed E-state index contributed by atoms with van der Waals surface area (Å²) < 4.78 is 0. The van der Waals surface area contributed by atoms with Crippen molar-refractivity contribution < 1.29 is 9.59 Å². The van der Waals surface area contributed by atoms with Crippen LogP contribution >= 0.6 is 0 Å². The molecule has 1 atom stereocenters. The van der Waals surface area contributed by atoms with Crippen molar-refractivity contribution in [3.8, 4) is 11.8 Å². The van der Waals surface area contributed by atoms with Crippen LogP contribution in [0.4, 0.5) is 5.69 Å². The highest BCUT2D eigenvalue weighted by Crippen LogP contribution is 2.20. The van der Waals surface area contributed by atoms with Gasteiger partial charge >= 0.3 is 0 Å². The topological polar surface area (TPSA) is 86.9 Å². The Balaban J connectivity index is 1.51. The van der Waals surface area contributed by atoms with E-state index in [0.717, 1.165) is 22.0 Å². The number of fused-ring (bicyclic) bond motifs is 1. The second-order valence-corrected chi connectivity index (χ2v) is 7.35. The van der Waals surface area contributed by atoms with Gasteiger partial charge < -0.3 is 15.6 Å². The number of amides is 2. The highest BCUT2D eigenvalue weighted by Gasteiger charge is 2.21. The van der Waals surface area contributed by atoms with Crippen molar-refractivity contribution in [2.45, 2.75) is 19.4 Å². The van der Waals surface area contributed by atoms with E-state index in [4.69, 9.17) is 0 Å². The number of aromatic amines is 1. The van der Waals surface area contributed by atoms with Gasteiger partial charge in [-0.15, -0.1) is 0 Å². The average molecular weight is 422 g/mol. The highest BCUT2D eigenvalue weighted by molar-refractivity contribution is 5.97. The summed E-state index contributed by atoms with van der Waals surface area (Å²) in [4.78, 5) is 32.2. The fourth-order valence-electron chi connectivity index (χ4n) is 3.45. The number of rotatable bonds is 5. The van der Waals surface area contributed by atoms with Crippen LogP contribution in [-0.2, 0) is 16.0 Å². The van der Waals surface area contributed by atoms with Gasteiger partial charge in [0.2, 0.25) is 11.8 Å². The Morgan fingerprint density at radius 3 is 2.69 bits per heavy atom. The van der Waals surface area contributed by atoms with Gasteiger partial charge in [-0.25, -0.2) is 4.98 Å². The third-order valence-electron chi connectivity index (χ3n) is 4.92. The summed E-state index contributed by atoms with van der Waals surface area (Å²) in [5.41, 5.74) is 3.98. The Morgan fingerprint density at radius 2 is 1.88 bits per heavy atom. The highest BCUT2D eigenvalue weighted by atomic mass is 16.2. The number of nitrogens with zero attached hydrogens (tertiary/aromatic N) is 1. The van der Waals surface area contributed by atoms with E-state index in [-0.39, 0.29) is 11.8 Å². The molecule has 2 amide bonds. The molecule has 4 rings (SSSR count). The Labute approximate surface area is 186 Å². The van der Waals surface area contributed by atoms with Gasteiger partial charge in [0.05, 0.1) is 0 Å². The van der Waals surface area contributed by atoms with Gasteiger partial charge in [-0.2, -0.15) is 0 Å². The van der Waals surface area contributed by atoms with Crippen LogP contribution in [0, 0.1) is 11.8 Å². The number of hydrogen-bond acceptors (Lipinski definition) is 3. The van der Waals surface area contributed by atoms with Crippen molar-refractivity contribution in [1.82, 2.24) is 15.3 Å². The number of carbonyl (C=O) groups is 2. The Hall–Kier alpha value is -4.37. The lowest BCUT2D eigenvalue weighted by molar-refractivity contribution is -0.125. The second-order valence-electron chi connectivity index (χ2n) is 7.35. The first-order chi connectivity index (χ1) is 15.6. The quantitative estimate of drug-likeness (QED) is 0.429. The molecule has 0 aliphatic carbocycles. The third-order valence-corrected chi connectivity index (χ3v) is 4.92. The SMILES string of the molecule is CC(=O)NC(Cc1c[nH]c2ccccc12)C(=O)Nc1cccc(C#Cc2ccccn2)c1. The van der Waals surface area contributed by atoms with E-state index in [1.54, 1.807) is 18.3 Å². The van der Waals surface area contributed by atoms with E-state index in [1.165, 1.54) is 6.92 Å². The van der Waals surface area contributed by atoms with Gasteiger partial charge in [0.15, 0.2) is 0 Å². The molecule has 6 nitrogen and oxygen atoms in total. The number of pyridine rings is 1. The van der Waals surface area contributed by atoms with Crippen molar-refractivity contribution in [1.29, 1.82) is 0 Å². The van der Waals surface area contributed by atoms with Crippen molar-refractivity contribution in [2.24, 2.45) is 0 Å². The zero-order chi connectivity index (χ0) is 22.3. The first-order valence-electron chi connectivity index (χ1n) is 10.2. The minimum absolute atomic E-state index is 0.264. The van der Waals surface area contributed by atoms with Crippen LogP contribution in [0.1, 0.15) is 23.7 Å². The second kappa shape index (κ2) is 9.63. The number of hydrogen-bond donors (Lipinski definition) is 3. The van der Waals surface area contributed by atoms with Crippen LogP contribution in [0.15, 0.2) is 79.1 Å². The monoisotopic (exact) mass is 422 g/mol. The molecule has 0 aliphatic heterocycles. The van der Waals surface area contributed by atoms with Crippen molar-refractivity contribution in [3.05, 3.63) is 95.9 Å². The average Bonchev–Trinajstić information content (AvgIpc) is 3.21. The van der Waals surface area contributed by atoms with E-state index in [2.05, 4.69) is 32.4 Å². The largest absolute Gasteiger partial charge is 0.361 e. The molecule has 158 valence electrons. The molecule has 1 unspecified atom stereocenters. The predicted molar refractivity (Wildman–Crippen MR) is 125 cm³/mol. The molecule has 0 fully saturated rings. The predicted octanol–water partition coefficient (Wildman–Crippen LogP) is 3.65. The molecular weight excluding hydrogens is 400 g/mol. The Morgan fingerprint density at radius 1 is 1.03 bits per heavy atom. The van der Waals surface area contributed by atoms with Crippen LogP contribution in [-0.4, -0.2) is 27.8 Å². The Bertz CT molecular complexity index is 1320. The lowest BCUT2D eigenvalue weighted by atomic mass is 10.0. The van der Waals surface area contributed by atoms with Crippen LogP contribution in [0.25, 0.3) is 10.9 Å². The van der Waals surface area contributed by atoms with E-state index in [1.807, 2.05) is 60.8 Å². The summed E-state index contributed by atoms with van der Waals surface area (Å²) in [6.07, 6.45) is 3.94. The summed E-state index contributed by atoms with van der Waals surface area (Å²) in [6.45, 7) is 1.41. The fourth-order valence-corrected chi connectivity index (χ4v) is 3.45. The molecule has 0 saturated heterocycles. The molecule has 3 N–H and O–H groups in total. The third kappa shape index (κ3) is 5.21. The molecule has 2 aromatic heterocycles. The van der Waals surface area contributed by atoms with Crippen molar-refractivity contribution in [3.63, 3.8) is 0 Å². The molecular formula is C26H22N4O2. The van der Waals surface area contributed by atoms with Gasteiger partial charge in [0.1, 0.15) is 11.7 Å². The minimum atomic E-state index is -0.713. The summed E-state index contributed by atoms with van der Waals surface area (Å²) in [6, 6.07) is 20.0. The van der Waals surface area contributed by atoms with E-state index in [9.17, 15) is 9.59 Å². The number of H-pyrrole nitrogens is 1. The normalized spacial score (nSPS) is 11.3. The van der Waals surface area contributed by atoms with Crippen LogP contribution < -0.4 is 10.6 Å². The summed E-state index contributed by atoms with van der Waals surface area (Å²) in [7, 11) is 0. The van der Waals surface area contributed by atoms with Crippen LogP contribution in [0.3, 0.4) is 0 Å². The van der Waals surface area contributed by atoms with Gasteiger partial charge in [-0.3, -0.25) is 9.59 Å². The number of para-hydroxylation sites is 1. The van der Waals surface area contributed by atoms with E-state index < -0.39 is 6.04 Å². The van der Waals surface area contributed by atoms with Gasteiger partial charge in [-0.05, 0) is 47.9 Å². The number of aromatic nitrogens is 2. The number of nitrogens with one attached hydrogen (secondary N) is 3. The van der Waals surface area contributed by atoms with E-state index in [0.29, 0.717) is 17.8 Å². The van der Waals surface area contributed by atoms with Crippen molar-refractivity contribution >= 4 is 28.4 Å². The maximum atomic E-state index is 13.0. The molecule has 2 heterocycles. The first kappa shape index (κ1) is 20.9. The molecule has 0 bridgehead atoms. The summed E-state index contributed by atoms with van der Waals surface area (Å²) in [5, 5.41) is 6.69. The molecule has 4 aromatic rings. The maximum Gasteiger partial charge on any atom is 0.247 e. The van der Waals surface area contributed by atoms with Crippen molar-refractivity contribution in [2.75, 3.05) is 5.32 Å². The number of anilines is 1. The van der Waals surface area contributed by atoms with Crippen LogP contribution in [0.2, 0.25) is 0 Å². The zero-order valence-corrected chi connectivity index (χ0v) is 17.6. The molecule has 6 heteroatoms. The molecule has 0 spiro atoms. The Kier molecular flexibility index (Phi) is 6.28. The zero-order valence-electron chi connectivity index (χ0n) is 17.6. The molecule has 0 aliphatic rings. The molecule has 0 saturated carbocycles. The first-order valence-corrected chi connectivity index (χ1v) is 10.2. The van der Waals surface area contributed by atoms with Gasteiger partial charge in [-0.1, -0.05) is 36.3 Å². The summed E-state index contributed by atoms with van der Waals surface area (Å²) in [5.74, 6) is 5.50. The molecule has 0 radical (unpaired) electrons. The maximum absolute atomic E-state index is 13.0. The van der Waals surface area contributed by atoms with Crippen LogP contribution in [0.5, 0.6) is 0 Å².